The van der Waals surface area contributed by atoms with Crippen LogP contribution < -0.4 is 0 Å². The molecule has 0 aliphatic carbocycles. The van der Waals surface area contributed by atoms with E-state index in [9.17, 15) is 9.90 Å². The lowest BCUT2D eigenvalue weighted by Crippen LogP contribution is -2.39. The van der Waals surface area contributed by atoms with Gasteiger partial charge >= 0.3 is 0 Å². The number of hydrogen-bond acceptors (Lipinski definition) is 5. The Morgan fingerprint density at radius 3 is 3.00 bits per heavy atom. The van der Waals surface area contributed by atoms with Crippen LogP contribution in [0.4, 0.5) is 0 Å². The molecule has 1 amide bonds. The standard InChI is InChI=1S/C14H23N3O3/c1-3-4-12-15-13(20-16-12)5-6-14(19)17-8-7-10(2)11(17)9-18/h10-11,18H,3-9H2,1-2H3. The maximum absolute atomic E-state index is 12.2. The van der Waals surface area contributed by atoms with E-state index in [1.165, 1.54) is 0 Å². The summed E-state index contributed by atoms with van der Waals surface area (Å²) in [6.07, 6.45) is 3.56. The normalized spacial score (nSPS) is 22.4. The van der Waals surface area contributed by atoms with E-state index in [0.717, 1.165) is 25.8 Å². The third-order valence-electron chi connectivity index (χ3n) is 3.93. The summed E-state index contributed by atoms with van der Waals surface area (Å²) in [5, 5.41) is 13.2. The van der Waals surface area contributed by atoms with Crippen LogP contribution in [0.25, 0.3) is 0 Å². The van der Waals surface area contributed by atoms with Gasteiger partial charge in [0.25, 0.3) is 0 Å². The lowest BCUT2D eigenvalue weighted by molar-refractivity contribution is -0.133. The predicted molar refractivity (Wildman–Crippen MR) is 73.0 cm³/mol. The molecule has 1 aliphatic rings. The fraction of sp³-hybridized carbons (Fsp3) is 0.786. The summed E-state index contributed by atoms with van der Waals surface area (Å²) >= 11 is 0. The number of carbonyl (C=O) groups is 1. The molecule has 0 aromatic carbocycles. The molecule has 1 aromatic heterocycles. The highest BCUT2D eigenvalue weighted by Crippen LogP contribution is 2.24. The van der Waals surface area contributed by atoms with Gasteiger partial charge in [-0.05, 0) is 18.8 Å². The van der Waals surface area contributed by atoms with E-state index in [4.69, 9.17) is 4.52 Å². The summed E-state index contributed by atoms with van der Waals surface area (Å²) in [5.74, 6) is 1.65. The van der Waals surface area contributed by atoms with Gasteiger partial charge in [0.15, 0.2) is 5.82 Å². The van der Waals surface area contributed by atoms with Crippen LogP contribution in [-0.2, 0) is 17.6 Å². The number of aliphatic hydroxyl groups is 1. The molecule has 6 nitrogen and oxygen atoms in total. The van der Waals surface area contributed by atoms with E-state index in [1.54, 1.807) is 4.90 Å². The van der Waals surface area contributed by atoms with E-state index in [1.807, 2.05) is 0 Å². The molecule has 1 aliphatic heterocycles. The smallest absolute Gasteiger partial charge is 0.227 e. The molecule has 2 heterocycles. The second-order valence-electron chi connectivity index (χ2n) is 5.46. The average Bonchev–Trinajstić information content (AvgIpc) is 3.03. The van der Waals surface area contributed by atoms with Crippen LogP contribution in [0.5, 0.6) is 0 Å². The zero-order valence-corrected chi connectivity index (χ0v) is 12.2. The van der Waals surface area contributed by atoms with Crippen LogP contribution in [0.3, 0.4) is 0 Å². The minimum absolute atomic E-state index is 0.0358. The molecule has 1 saturated heterocycles. The number of aromatic nitrogens is 2. The van der Waals surface area contributed by atoms with Crippen molar-refractivity contribution in [2.75, 3.05) is 13.2 Å². The maximum atomic E-state index is 12.2. The van der Waals surface area contributed by atoms with E-state index >= 15 is 0 Å². The lowest BCUT2D eigenvalue weighted by Gasteiger charge is -2.25. The summed E-state index contributed by atoms with van der Waals surface area (Å²) in [6, 6.07) is -0.0409. The Morgan fingerprint density at radius 1 is 1.50 bits per heavy atom. The molecule has 1 N–H and O–H groups in total. The average molecular weight is 281 g/mol. The van der Waals surface area contributed by atoms with Crippen molar-refractivity contribution in [3.63, 3.8) is 0 Å². The van der Waals surface area contributed by atoms with Crippen LogP contribution >= 0.6 is 0 Å². The van der Waals surface area contributed by atoms with Gasteiger partial charge in [0.2, 0.25) is 11.8 Å². The summed E-state index contributed by atoms with van der Waals surface area (Å²) in [7, 11) is 0. The molecular formula is C14H23N3O3. The second kappa shape index (κ2) is 6.83. The summed E-state index contributed by atoms with van der Waals surface area (Å²) in [5.41, 5.74) is 0. The second-order valence-corrected chi connectivity index (χ2v) is 5.46. The Hall–Kier alpha value is -1.43. The molecule has 2 atom stereocenters. The van der Waals surface area contributed by atoms with Gasteiger partial charge in [-0.2, -0.15) is 4.98 Å². The van der Waals surface area contributed by atoms with Crippen molar-refractivity contribution in [1.82, 2.24) is 15.0 Å². The fourth-order valence-corrected chi connectivity index (χ4v) is 2.67. The Morgan fingerprint density at radius 2 is 2.30 bits per heavy atom. The largest absolute Gasteiger partial charge is 0.394 e. The van der Waals surface area contributed by atoms with Crippen molar-refractivity contribution < 1.29 is 14.4 Å². The molecule has 6 heteroatoms. The van der Waals surface area contributed by atoms with Gasteiger partial charge in [0.05, 0.1) is 12.6 Å². The van der Waals surface area contributed by atoms with Crippen LogP contribution in [0, 0.1) is 5.92 Å². The first kappa shape index (κ1) is 15.0. The predicted octanol–water partition coefficient (Wildman–Crippen LogP) is 1.18. The highest BCUT2D eigenvalue weighted by atomic mass is 16.5. The van der Waals surface area contributed by atoms with Crippen LogP contribution in [0.2, 0.25) is 0 Å². The quantitative estimate of drug-likeness (QED) is 0.847. The van der Waals surface area contributed by atoms with Crippen LogP contribution in [-0.4, -0.2) is 45.2 Å². The molecule has 1 fully saturated rings. The number of aliphatic hydroxyl groups excluding tert-OH is 1. The SMILES string of the molecule is CCCc1noc(CCC(=O)N2CCC(C)C2CO)n1. The third kappa shape index (κ3) is 3.36. The van der Waals surface area contributed by atoms with E-state index in [-0.39, 0.29) is 18.6 Å². The molecule has 112 valence electrons. The van der Waals surface area contributed by atoms with Crippen molar-refractivity contribution in [1.29, 1.82) is 0 Å². The van der Waals surface area contributed by atoms with Gasteiger partial charge < -0.3 is 14.5 Å². The van der Waals surface area contributed by atoms with Crippen molar-refractivity contribution in [2.24, 2.45) is 5.92 Å². The van der Waals surface area contributed by atoms with Gasteiger partial charge in [0.1, 0.15) is 0 Å². The molecule has 2 unspecified atom stereocenters. The first-order chi connectivity index (χ1) is 9.65. The number of rotatable bonds is 6. The molecule has 20 heavy (non-hydrogen) atoms. The molecule has 0 radical (unpaired) electrons. The summed E-state index contributed by atoms with van der Waals surface area (Å²) < 4.78 is 5.12. The number of amides is 1. The van der Waals surface area contributed by atoms with Gasteiger partial charge in [-0.25, -0.2) is 0 Å². The minimum Gasteiger partial charge on any atom is -0.394 e. The van der Waals surface area contributed by atoms with Crippen LogP contribution in [0.1, 0.15) is 44.8 Å². The van der Waals surface area contributed by atoms with Gasteiger partial charge in [0, 0.05) is 25.8 Å². The number of likely N-dealkylation sites (tertiary alicyclic amines) is 1. The highest BCUT2D eigenvalue weighted by molar-refractivity contribution is 5.77. The Balaban J connectivity index is 1.85. The maximum Gasteiger partial charge on any atom is 0.227 e. The summed E-state index contributed by atoms with van der Waals surface area (Å²) in [4.78, 5) is 18.2. The fourth-order valence-electron chi connectivity index (χ4n) is 2.67. The van der Waals surface area contributed by atoms with Gasteiger partial charge in [-0.15, -0.1) is 0 Å². The zero-order valence-electron chi connectivity index (χ0n) is 12.2. The van der Waals surface area contributed by atoms with Gasteiger partial charge in [-0.3, -0.25) is 4.79 Å². The Labute approximate surface area is 119 Å². The van der Waals surface area contributed by atoms with E-state index in [2.05, 4.69) is 24.0 Å². The summed E-state index contributed by atoms with van der Waals surface area (Å²) in [6.45, 7) is 4.90. The van der Waals surface area contributed by atoms with Crippen molar-refractivity contribution >= 4 is 5.91 Å². The van der Waals surface area contributed by atoms with E-state index in [0.29, 0.717) is 30.5 Å². The number of aryl methyl sites for hydroxylation is 2. The minimum atomic E-state index is -0.0409. The van der Waals surface area contributed by atoms with Crippen LogP contribution in [0.15, 0.2) is 4.52 Å². The lowest BCUT2D eigenvalue weighted by atomic mass is 10.0. The molecule has 0 bridgehead atoms. The van der Waals surface area contributed by atoms with Crippen molar-refractivity contribution in [2.45, 2.75) is 52.0 Å². The molecule has 1 aromatic rings. The Kier molecular flexibility index (Phi) is 5.11. The number of carbonyl (C=O) groups excluding carboxylic acids is 1. The molecule has 0 saturated carbocycles. The number of hydrogen-bond donors (Lipinski definition) is 1. The van der Waals surface area contributed by atoms with Crippen molar-refractivity contribution in [3.05, 3.63) is 11.7 Å². The van der Waals surface area contributed by atoms with Crippen molar-refractivity contribution in [3.8, 4) is 0 Å². The molecular weight excluding hydrogens is 258 g/mol. The zero-order chi connectivity index (χ0) is 14.5. The third-order valence-corrected chi connectivity index (χ3v) is 3.93. The molecule has 2 rings (SSSR count). The number of nitrogens with zero attached hydrogens (tertiary/aromatic N) is 3. The first-order valence-electron chi connectivity index (χ1n) is 7.37. The monoisotopic (exact) mass is 281 g/mol. The van der Waals surface area contributed by atoms with E-state index < -0.39 is 0 Å². The van der Waals surface area contributed by atoms with Gasteiger partial charge in [-0.1, -0.05) is 19.0 Å². The Bertz CT molecular complexity index is 447. The first-order valence-corrected chi connectivity index (χ1v) is 7.37. The molecule has 0 spiro atoms. The highest BCUT2D eigenvalue weighted by Gasteiger charge is 2.33. The topological polar surface area (TPSA) is 79.5 Å².